The summed E-state index contributed by atoms with van der Waals surface area (Å²) >= 11 is 3.31. The van der Waals surface area contributed by atoms with E-state index in [1.54, 1.807) is 36.4 Å². The van der Waals surface area contributed by atoms with Gasteiger partial charge in [0.2, 0.25) is 10.0 Å². The SMILES string of the molecule is CN1CCN(C(CNS(=O)(=O)c2ccc(Br)cc2)c2ccc(F)cc2)CC1. The van der Waals surface area contributed by atoms with Gasteiger partial charge in [-0.25, -0.2) is 17.5 Å². The smallest absolute Gasteiger partial charge is 0.240 e. The molecule has 5 nitrogen and oxygen atoms in total. The van der Waals surface area contributed by atoms with Gasteiger partial charge in [0.15, 0.2) is 0 Å². The van der Waals surface area contributed by atoms with Gasteiger partial charge in [-0.2, -0.15) is 0 Å². The Morgan fingerprint density at radius 2 is 1.63 bits per heavy atom. The molecular weight excluding hydrogens is 433 g/mol. The Labute approximate surface area is 168 Å². The van der Waals surface area contributed by atoms with Crippen LogP contribution in [0.3, 0.4) is 0 Å². The van der Waals surface area contributed by atoms with Crippen LogP contribution in [0.5, 0.6) is 0 Å². The lowest BCUT2D eigenvalue weighted by atomic mass is 10.0. The van der Waals surface area contributed by atoms with Gasteiger partial charge in [-0.15, -0.1) is 0 Å². The first-order chi connectivity index (χ1) is 12.8. The number of sulfonamides is 1. The van der Waals surface area contributed by atoms with Crippen LogP contribution >= 0.6 is 15.9 Å². The maximum absolute atomic E-state index is 13.3. The van der Waals surface area contributed by atoms with Crippen molar-refractivity contribution >= 4 is 26.0 Å². The minimum absolute atomic E-state index is 0.149. The number of halogens is 2. The molecule has 3 rings (SSSR count). The van der Waals surface area contributed by atoms with E-state index in [-0.39, 0.29) is 23.3 Å². The second-order valence-electron chi connectivity index (χ2n) is 6.71. The van der Waals surface area contributed by atoms with Crippen LogP contribution < -0.4 is 4.72 Å². The molecule has 1 heterocycles. The third kappa shape index (κ3) is 5.36. The van der Waals surface area contributed by atoms with Gasteiger partial charge in [-0.05, 0) is 49.0 Å². The molecule has 8 heteroatoms. The van der Waals surface area contributed by atoms with Crippen molar-refractivity contribution in [3.05, 3.63) is 64.4 Å². The highest BCUT2D eigenvalue weighted by molar-refractivity contribution is 9.10. The third-order valence-corrected chi connectivity index (χ3v) is 6.79. The first-order valence-corrected chi connectivity index (χ1v) is 11.1. The van der Waals surface area contributed by atoms with E-state index in [0.29, 0.717) is 0 Å². The van der Waals surface area contributed by atoms with Crippen LogP contribution in [0, 0.1) is 5.82 Å². The average molecular weight is 456 g/mol. The lowest BCUT2D eigenvalue weighted by molar-refractivity contribution is 0.113. The second-order valence-corrected chi connectivity index (χ2v) is 9.40. The van der Waals surface area contributed by atoms with Gasteiger partial charge in [0, 0.05) is 43.2 Å². The number of rotatable bonds is 6. The predicted molar refractivity (Wildman–Crippen MR) is 108 cm³/mol. The number of piperazine rings is 1. The lowest BCUT2D eigenvalue weighted by Gasteiger charge is -2.38. The van der Waals surface area contributed by atoms with E-state index < -0.39 is 10.0 Å². The molecule has 0 aromatic heterocycles. The first kappa shape index (κ1) is 20.4. The fourth-order valence-electron chi connectivity index (χ4n) is 3.16. The molecule has 0 aliphatic carbocycles. The van der Waals surface area contributed by atoms with Gasteiger partial charge in [0.1, 0.15) is 5.82 Å². The number of hydrogen-bond donors (Lipinski definition) is 1. The zero-order valence-electron chi connectivity index (χ0n) is 15.1. The molecule has 27 heavy (non-hydrogen) atoms. The Morgan fingerprint density at radius 1 is 1.04 bits per heavy atom. The molecule has 0 bridgehead atoms. The van der Waals surface area contributed by atoms with E-state index in [9.17, 15) is 12.8 Å². The summed E-state index contributed by atoms with van der Waals surface area (Å²) in [5, 5.41) is 0. The molecule has 146 valence electrons. The molecule has 2 aromatic carbocycles. The van der Waals surface area contributed by atoms with Crippen molar-refractivity contribution in [1.82, 2.24) is 14.5 Å². The lowest BCUT2D eigenvalue weighted by Crippen LogP contribution is -2.48. The van der Waals surface area contributed by atoms with E-state index in [4.69, 9.17) is 0 Å². The van der Waals surface area contributed by atoms with E-state index >= 15 is 0 Å². The predicted octanol–water partition coefficient (Wildman–Crippen LogP) is 2.86. The normalized spacial score (nSPS) is 17.7. The number of benzene rings is 2. The fraction of sp³-hybridized carbons (Fsp3) is 0.368. The van der Waals surface area contributed by atoms with E-state index in [1.165, 1.54) is 12.1 Å². The Kier molecular flexibility index (Phi) is 6.65. The van der Waals surface area contributed by atoms with Crippen molar-refractivity contribution in [3.63, 3.8) is 0 Å². The molecule has 1 fully saturated rings. The average Bonchev–Trinajstić information content (AvgIpc) is 2.65. The highest BCUT2D eigenvalue weighted by Gasteiger charge is 2.26. The molecule has 1 aliphatic heterocycles. The van der Waals surface area contributed by atoms with Crippen molar-refractivity contribution in [3.8, 4) is 0 Å². The maximum atomic E-state index is 13.3. The van der Waals surface area contributed by atoms with Crippen molar-refractivity contribution in [1.29, 1.82) is 0 Å². The minimum atomic E-state index is -3.62. The summed E-state index contributed by atoms with van der Waals surface area (Å²) in [6.07, 6.45) is 0. The van der Waals surface area contributed by atoms with Crippen LogP contribution in [-0.2, 0) is 10.0 Å². The van der Waals surface area contributed by atoms with Gasteiger partial charge in [0.25, 0.3) is 0 Å². The molecule has 1 atom stereocenters. The van der Waals surface area contributed by atoms with E-state index in [0.717, 1.165) is 36.2 Å². The van der Waals surface area contributed by atoms with Gasteiger partial charge >= 0.3 is 0 Å². The summed E-state index contributed by atoms with van der Waals surface area (Å²) in [7, 11) is -1.55. The number of nitrogens with zero attached hydrogens (tertiary/aromatic N) is 2. The van der Waals surface area contributed by atoms with Gasteiger partial charge < -0.3 is 4.90 Å². The minimum Gasteiger partial charge on any atom is -0.304 e. The molecule has 1 saturated heterocycles. The van der Waals surface area contributed by atoms with Crippen LogP contribution in [0.1, 0.15) is 11.6 Å². The quantitative estimate of drug-likeness (QED) is 0.727. The Hall–Kier alpha value is -1.32. The molecule has 0 amide bonds. The molecule has 2 aromatic rings. The Morgan fingerprint density at radius 3 is 2.22 bits per heavy atom. The first-order valence-electron chi connectivity index (χ1n) is 8.78. The van der Waals surface area contributed by atoms with Crippen LogP contribution in [-0.4, -0.2) is 58.0 Å². The molecule has 1 aliphatic rings. The van der Waals surface area contributed by atoms with E-state index in [1.807, 2.05) is 0 Å². The summed E-state index contributed by atoms with van der Waals surface area (Å²) in [6, 6.07) is 12.7. The Balaban J connectivity index is 1.78. The van der Waals surface area contributed by atoms with Crippen molar-refractivity contribution < 1.29 is 12.8 Å². The summed E-state index contributed by atoms with van der Waals surface area (Å²) in [5.74, 6) is -0.300. The zero-order chi connectivity index (χ0) is 19.4. The highest BCUT2D eigenvalue weighted by Crippen LogP contribution is 2.23. The summed E-state index contributed by atoms with van der Waals surface area (Å²) in [5.41, 5.74) is 0.902. The number of hydrogen-bond acceptors (Lipinski definition) is 4. The highest BCUT2D eigenvalue weighted by atomic mass is 79.9. The fourth-order valence-corrected chi connectivity index (χ4v) is 4.46. The molecule has 0 saturated carbocycles. The maximum Gasteiger partial charge on any atom is 0.240 e. The Bertz CT molecular complexity index is 852. The van der Waals surface area contributed by atoms with Gasteiger partial charge in [-0.1, -0.05) is 28.1 Å². The van der Waals surface area contributed by atoms with Crippen molar-refractivity contribution in [2.45, 2.75) is 10.9 Å². The van der Waals surface area contributed by atoms with E-state index in [2.05, 4.69) is 37.5 Å². The largest absolute Gasteiger partial charge is 0.304 e. The molecule has 1 N–H and O–H groups in total. The third-order valence-electron chi connectivity index (χ3n) is 4.82. The van der Waals surface area contributed by atoms with Crippen molar-refractivity contribution in [2.75, 3.05) is 39.8 Å². The van der Waals surface area contributed by atoms with Crippen LogP contribution in [0.25, 0.3) is 0 Å². The summed E-state index contributed by atoms with van der Waals surface area (Å²) in [4.78, 5) is 4.71. The molecule has 0 radical (unpaired) electrons. The second kappa shape index (κ2) is 8.79. The van der Waals surface area contributed by atoms with Crippen LogP contribution in [0.2, 0.25) is 0 Å². The zero-order valence-corrected chi connectivity index (χ0v) is 17.5. The number of nitrogens with one attached hydrogen (secondary N) is 1. The van der Waals surface area contributed by atoms with Crippen LogP contribution in [0.15, 0.2) is 57.9 Å². The van der Waals surface area contributed by atoms with Gasteiger partial charge in [0.05, 0.1) is 4.90 Å². The standard InChI is InChI=1S/C19H23BrFN3O2S/c1-23-10-12-24(13-11-23)19(15-2-6-17(21)7-3-15)14-22-27(25,26)18-8-4-16(20)5-9-18/h2-9,19,22H,10-14H2,1H3. The molecule has 0 spiro atoms. The summed E-state index contributed by atoms with van der Waals surface area (Å²) in [6.45, 7) is 3.72. The number of likely N-dealkylation sites (N-methyl/N-ethyl adjacent to an activating group) is 1. The monoisotopic (exact) mass is 455 g/mol. The van der Waals surface area contributed by atoms with Crippen LogP contribution in [0.4, 0.5) is 4.39 Å². The topological polar surface area (TPSA) is 52.6 Å². The van der Waals surface area contributed by atoms with Crippen molar-refractivity contribution in [2.24, 2.45) is 0 Å². The summed E-state index contributed by atoms with van der Waals surface area (Å²) < 4.78 is 42.2. The van der Waals surface area contributed by atoms with Gasteiger partial charge in [-0.3, -0.25) is 4.90 Å². The molecular formula is C19H23BrFN3O2S. The molecule has 1 unspecified atom stereocenters.